The number of nitrogen functional groups attached to an aromatic ring is 1. The molecule has 0 fully saturated rings. The van der Waals surface area contributed by atoms with E-state index in [0.717, 1.165) is 15.8 Å². The molecule has 0 aliphatic carbocycles. The van der Waals surface area contributed by atoms with Crippen molar-refractivity contribution in [3.05, 3.63) is 40.6 Å². The minimum absolute atomic E-state index is 0.728. The molecule has 2 rings (SSSR count). The SMILES string of the molecule is Cc1ccc(N)c(-n2cc(Br)cn2)c1. The number of aryl methyl sites for hydroxylation is 1. The van der Waals surface area contributed by atoms with E-state index in [1.807, 2.05) is 31.3 Å². The summed E-state index contributed by atoms with van der Waals surface area (Å²) < 4.78 is 2.70. The molecule has 0 amide bonds. The molecule has 0 radical (unpaired) electrons. The van der Waals surface area contributed by atoms with Gasteiger partial charge < -0.3 is 5.73 Å². The highest BCUT2D eigenvalue weighted by atomic mass is 79.9. The Morgan fingerprint density at radius 2 is 2.21 bits per heavy atom. The van der Waals surface area contributed by atoms with Crippen molar-refractivity contribution in [3.63, 3.8) is 0 Å². The van der Waals surface area contributed by atoms with E-state index >= 15 is 0 Å². The van der Waals surface area contributed by atoms with E-state index in [-0.39, 0.29) is 0 Å². The second-order valence-corrected chi connectivity index (χ2v) is 4.08. The number of hydrogen-bond acceptors (Lipinski definition) is 2. The van der Waals surface area contributed by atoms with E-state index in [2.05, 4.69) is 21.0 Å². The van der Waals surface area contributed by atoms with E-state index in [4.69, 9.17) is 5.73 Å². The third-order valence-electron chi connectivity index (χ3n) is 1.98. The maximum atomic E-state index is 5.85. The molecule has 0 saturated heterocycles. The van der Waals surface area contributed by atoms with Crippen LogP contribution in [0.4, 0.5) is 5.69 Å². The zero-order valence-electron chi connectivity index (χ0n) is 7.74. The average molecular weight is 252 g/mol. The first kappa shape index (κ1) is 9.27. The summed E-state index contributed by atoms with van der Waals surface area (Å²) in [6, 6.07) is 5.88. The zero-order valence-corrected chi connectivity index (χ0v) is 9.32. The van der Waals surface area contributed by atoms with Gasteiger partial charge in [0.1, 0.15) is 0 Å². The number of benzene rings is 1. The topological polar surface area (TPSA) is 43.8 Å². The van der Waals surface area contributed by atoms with E-state index in [1.54, 1.807) is 10.9 Å². The lowest BCUT2D eigenvalue weighted by Gasteiger charge is -2.05. The summed E-state index contributed by atoms with van der Waals surface area (Å²) >= 11 is 3.35. The van der Waals surface area contributed by atoms with Crippen molar-refractivity contribution in [1.29, 1.82) is 0 Å². The lowest BCUT2D eigenvalue weighted by Crippen LogP contribution is -2.00. The summed E-state index contributed by atoms with van der Waals surface area (Å²) in [5.41, 5.74) is 8.66. The molecule has 0 aliphatic heterocycles. The Morgan fingerprint density at radius 3 is 2.86 bits per heavy atom. The molecule has 0 atom stereocenters. The molecule has 14 heavy (non-hydrogen) atoms. The van der Waals surface area contributed by atoms with Crippen LogP contribution in [0.15, 0.2) is 35.1 Å². The van der Waals surface area contributed by atoms with Crippen molar-refractivity contribution in [2.24, 2.45) is 0 Å². The quantitative estimate of drug-likeness (QED) is 0.792. The van der Waals surface area contributed by atoms with E-state index in [9.17, 15) is 0 Å². The standard InChI is InChI=1S/C10H10BrN3/c1-7-2-3-9(12)10(4-7)14-6-8(11)5-13-14/h2-6H,12H2,1H3. The summed E-state index contributed by atoms with van der Waals surface area (Å²) in [7, 11) is 0. The third kappa shape index (κ3) is 1.65. The van der Waals surface area contributed by atoms with E-state index < -0.39 is 0 Å². The van der Waals surface area contributed by atoms with Gasteiger partial charge in [0.2, 0.25) is 0 Å². The number of hydrogen-bond donors (Lipinski definition) is 1. The van der Waals surface area contributed by atoms with Gasteiger partial charge in [0, 0.05) is 6.20 Å². The minimum atomic E-state index is 0.728. The highest BCUT2D eigenvalue weighted by Crippen LogP contribution is 2.19. The lowest BCUT2D eigenvalue weighted by atomic mass is 10.2. The fourth-order valence-electron chi connectivity index (χ4n) is 1.28. The third-order valence-corrected chi connectivity index (χ3v) is 2.39. The van der Waals surface area contributed by atoms with Crippen LogP contribution in [0, 0.1) is 6.92 Å². The molecule has 3 nitrogen and oxygen atoms in total. The summed E-state index contributed by atoms with van der Waals surface area (Å²) in [5.74, 6) is 0. The van der Waals surface area contributed by atoms with Gasteiger partial charge >= 0.3 is 0 Å². The largest absolute Gasteiger partial charge is 0.397 e. The Kier molecular flexibility index (Phi) is 2.29. The van der Waals surface area contributed by atoms with Crippen LogP contribution in [-0.4, -0.2) is 9.78 Å². The predicted octanol–water partition coefficient (Wildman–Crippen LogP) is 2.53. The lowest BCUT2D eigenvalue weighted by molar-refractivity contribution is 0.881. The fourth-order valence-corrected chi connectivity index (χ4v) is 1.57. The molecule has 0 bridgehead atoms. The molecule has 0 saturated carbocycles. The van der Waals surface area contributed by atoms with Crippen LogP contribution in [-0.2, 0) is 0 Å². The summed E-state index contributed by atoms with van der Waals surface area (Å²) in [6.07, 6.45) is 3.62. The van der Waals surface area contributed by atoms with Crippen molar-refractivity contribution < 1.29 is 0 Å². The molecular weight excluding hydrogens is 242 g/mol. The van der Waals surface area contributed by atoms with Crippen molar-refractivity contribution in [1.82, 2.24) is 9.78 Å². The van der Waals surface area contributed by atoms with Crippen molar-refractivity contribution >= 4 is 21.6 Å². The first-order chi connectivity index (χ1) is 6.66. The van der Waals surface area contributed by atoms with Gasteiger partial charge in [0.05, 0.1) is 22.0 Å². The van der Waals surface area contributed by atoms with Gasteiger partial charge in [-0.1, -0.05) is 6.07 Å². The molecule has 4 heteroatoms. The Hall–Kier alpha value is -1.29. The number of rotatable bonds is 1. The Morgan fingerprint density at radius 1 is 1.43 bits per heavy atom. The van der Waals surface area contributed by atoms with Gasteiger partial charge in [-0.05, 0) is 40.5 Å². The van der Waals surface area contributed by atoms with Gasteiger partial charge in [-0.3, -0.25) is 0 Å². The number of halogens is 1. The van der Waals surface area contributed by atoms with Crippen LogP contribution in [0.25, 0.3) is 5.69 Å². The molecule has 1 aromatic heterocycles. The van der Waals surface area contributed by atoms with Crippen LogP contribution in [0.5, 0.6) is 0 Å². The Balaban J connectivity index is 2.55. The number of aromatic nitrogens is 2. The highest BCUT2D eigenvalue weighted by molar-refractivity contribution is 9.10. The minimum Gasteiger partial charge on any atom is -0.397 e. The van der Waals surface area contributed by atoms with Gasteiger partial charge in [0.15, 0.2) is 0 Å². The van der Waals surface area contributed by atoms with Gasteiger partial charge in [-0.2, -0.15) is 5.10 Å². The zero-order chi connectivity index (χ0) is 10.1. The Bertz CT molecular complexity index is 462. The predicted molar refractivity (Wildman–Crippen MR) is 60.4 cm³/mol. The molecule has 1 aromatic carbocycles. The smallest absolute Gasteiger partial charge is 0.0877 e. The van der Waals surface area contributed by atoms with Crippen LogP contribution >= 0.6 is 15.9 Å². The number of nitrogens with zero attached hydrogens (tertiary/aromatic N) is 2. The van der Waals surface area contributed by atoms with Gasteiger partial charge in [-0.25, -0.2) is 4.68 Å². The first-order valence-electron chi connectivity index (χ1n) is 4.23. The normalized spacial score (nSPS) is 10.4. The average Bonchev–Trinajstić information content (AvgIpc) is 2.56. The fraction of sp³-hybridized carbons (Fsp3) is 0.100. The highest BCUT2D eigenvalue weighted by Gasteiger charge is 2.03. The maximum Gasteiger partial charge on any atom is 0.0877 e. The van der Waals surface area contributed by atoms with E-state index in [1.165, 1.54) is 5.56 Å². The monoisotopic (exact) mass is 251 g/mol. The molecule has 0 unspecified atom stereocenters. The van der Waals surface area contributed by atoms with Gasteiger partial charge in [0.25, 0.3) is 0 Å². The molecule has 72 valence electrons. The first-order valence-corrected chi connectivity index (χ1v) is 5.03. The summed E-state index contributed by atoms with van der Waals surface area (Å²) in [6.45, 7) is 2.03. The van der Waals surface area contributed by atoms with Crippen molar-refractivity contribution in [2.45, 2.75) is 6.92 Å². The summed E-state index contributed by atoms with van der Waals surface area (Å²) in [5, 5.41) is 4.18. The van der Waals surface area contributed by atoms with Crippen LogP contribution in [0.3, 0.4) is 0 Å². The van der Waals surface area contributed by atoms with Gasteiger partial charge in [-0.15, -0.1) is 0 Å². The molecule has 2 N–H and O–H groups in total. The molecule has 0 aliphatic rings. The van der Waals surface area contributed by atoms with Crippen LogP contribution < -0.4 is 5.73 Å². The number of anilines is 1. The van der Waals surface area contributed by atoms with E-state index in [0.29, 0.717) is 0 Å². The molecule has 1 heterocycles. The Labute approximate surface area is 90.7 Å². The number of nitrogens with two attached hydrogens (primary N) is 1. The molecule has 2 aromatic rings. The molecular formula is C10H10BrN3. The second-order valence-electron chi connectivity index (χ2n) is 3.17. The molecule has 0 spiro atoms. The van der Waals surface area contributed by atoms with Crippen LogP contribution in [0.2, 0.25) is 0 Å². The summed E-state index contributed by atoms with van der Waals surface area (Å²) in [4.78, 5) is 0. The van der Waals surface area contributed by atoms with Crippen molar-refractivity contribution in [3.8, 4) is 5.69 Å². The van der Waals surface area contributed by atoms with Crippen LogP contribution in [0.1, 0.15) is 5.56 Å². The van der Waals surface area contributed by atoms with Crippen molar-refractivity contribution in [2.75, 3.05) is 5.73 Å². The second kappa shape index (κ2) is 3.46. The maximum absolute atomic E-state index is 5.85.